The highest BCUT2D eigenvalue weighted by Gasteiger charge is 2.51. The van der Waals surface area contributed by atoms with Gasteiger partial charge in [0.1, 0.15) is 0 Å². The van der Waals surface area contributed by atoms with E-state index in [1.54, 1.807) is 0 Å². The molecule has 4 fully saturated rings. The first kappa shape index (κ1) is 17.6. The number of hydrogen-bond donors (Lipinski definition) is 2. The summed E-state index contributed by atoms with van der Waals surface area (Å²) >= 11 is 0. The number of rotatable bonds is 5. The first-order valence-electron chi connectivity index (χ1n) is 10.0. The third kappa shape index (κ3) is 3.65. The van der Waals surface area contributed by atoms with Gasteiger partial charge in [0, 0.05) is 12.1 Å². The van der Waals surface area contributed by atoms with Crippen LogP contribution in [0.4, 0.5) is 5.69 Å². The van der Waals surface area contributed by atoms with Gasteiger partial charge in [-0.1, -0.05) is 12.1 Å². The van der Waals surface area contributed by atoms with Crippen molar-refractivity contribution >= 4 is 17.5 Å². The van der Waals surface area contributed by atoms with Crippen molar-refractivity contribution in [3.63, 3.8) is 0 Å². The van der Waals surface area contributed by atoms with Crippen molar-refractivity contribution < 1.29 is 9.59 Å². The molecule has 4 aliphatic rings. The van der Waals surface area contributed by atoms with Gasteiger partial charge in [-0.05, 0) is 92.7 Å². The fraction of sp³-hybridized carbons (Fsp3) is 0.636. The number of hydrogen-bond acceptors (Lipinski definition) is 2. The summed E-state index contributed by atoms with van der Waals surface area (Å²) in [7, 11) is 0. The van der Waals surface area contributed by atoms with Crippen molar-refractivity contribution in [1.29, 1.82) is 0 Å². The van der Waals surface area contributed by atoms with Gasteiger partial charge in [0.25, 0.3) is 0 Å². The van der Waals surface area contributed by atoms with E-state index in [1.165, 1.54) is 38.5 Å². The highest BCUT2D eigenvalue weighted by molar-refractivity contribution is 5.95. The Kier molecular flexibility index (Phi) is 4.54. The molecule has 0 saturated heterocycles. The van der Waals surface area contributed by atoms with Crippen LogP contribution in [0.25, 0.3) is 0 Å². The molecule has 0 radical (unpaired) electrons. The minimum absolute atomic E-state index is 0.0445. The molecule has 1 aromatic rings. The van der Waals surface area contributed by atoms with E-state index in [9.17, 15) is 9.59 Å². The zero-order valence-electron chi connectivity index (χ0n) is 15.9. The van der Waals surface area contributed by atoms with Gasteiger partial charge in [-0.25, -0.2) is 0 Å². The molecule has 4 aliphatic carbocycles. The normalized spacial score (nSPS) is 31.7. The molecule has 4 saturated carbocycles. The molecule has 0 aliphatic heterocycles. The highest BCUT2D eigenvalue weighted by atomic mass is 16.2. The summed E-state index contributed by atoms with van der Waals surface area (Å²) in [5.41, 5.74) is 3.19. The first-order valence-corrected chi connectivity index (χ1v) is 10.0. The molecule has 0 aromatic heterocycles. The molecule has 0 heterocycles. The van der Waals surface area contributed by atoms with Crippen LogP contribution in [0.3, 0.4) is 0 Å². The lowest BCUT2D eigenvalue weighted by atomic mass is 9.49. The van der Waals surface area contributed by atoms with Crippen molar-refractivity contribution in [3.05, 3.63) is 29.3 Å². The van der Waals surface area contributed by atoms with Crippen LogP contribution in [0.1, 0.15) is 56.1 Å². The van der Waals surface area contributed by atoms with E-state index in [2.05, 4.69) is 10.6 Å². The van der Waals surface area contributed by atoms with Crippen molar-refractivity contribution in [2.45, 2.75) is 58.8 Å². The molecule has 0 atom stereocenters. The lowest BCUT2D eigenvalue weighted by Gasteiger charge is -2.56. The van der Waals surface area contributed by atoms with Crippen LogP contribution >= 0.6 is 0 Å². The summed E-state index contributed by atoms with van der Waals surface area (Å²) in [5, 5.41) is 5.77. The molecule has 1 aromatic carbocycles. The van der Waals surface area contributed by atoms with Crippen LogP contribution in [0, 0.1) is 37.0 Å². The molecular weight excluding hydrogens is 324 g/mol. The van der Waals surface area contributed by atoms with Gasteiger partial charge in [0.2, 0.25) is 11.8 Å². The van der Waals surface area contributed by atoms with Gasteiger partial charge in [0.15, 0.2) is 0 Å². The van der Waals surface area contributed by atoms with E-state index in [1.807, 2.05) is 32.0 Å². The molecule has 5 rings (SSSR count). The van der Waals surface area contributed by atoms with Crippen LogP contribution in [0.2, 0.25) is 0 Å². The number of carbonyl (C=O) groups excluding carboxylic acids is 2. The number of benzene rings is 1. The Balaban J connectivity index is 1.29. The zero-order chi connectivity index (χ0) is 18.3. The Hall–Kier alpha value is -1.84. The number of aryl methyl sites for hydroxylation is 2. The van der Waals surface area contributed by atoms with E-state index < -0.39 is 0 Å². The number of anilines is 1. The molecule has 26 heavy (non-hydrogen) atoms. The Labute approximate surface area is 156 Å². The van der Waals surface area contributed by atoms with Crippen LogP contribution in [-0.2, 0) is 9.59 Å². The predicted octanol–water partition coefficient (Wildman–Crippen LogP) is 3.96. The lowest BCUT2D eigenvalue weighted by molar-refractivity contribution is -0.131. The average molecular weight is 354 g/mol. The van der Waals surface area contributed by atoms with E-state index in [4.69, 9.17) is 0 Å². The van der Waals surface area contributed by atoms with Crippen LogP contribution in [-0.4, -0.2) is 18.4 Å². The van der Waals surface area contributed by atoms with Gasteiger partial charge in [-0.3, -0.25) is 9.59 Å². The second kappa shape index (κ2) is 6.71. The molecule has 0 spiro atoms. The summed E-state index contributed by atoms with van der Waals surface area (Å²) in [6.45, 7) is 4.03. The van der Waals surface area contributed by atoms with Gasteiger partial charge in [-0.15, -0.1) is 0 Å². The summed E-state index contributed by atoms with van der Waals surface area (Å²) in [5.74, 6) is 2.44. The molecule has 2 amide bonds. The number of carbonyl (C=O) groups is 2. The predicted molar refractivity (Wildman–Crippen MR) is 103 cm³/mol. The van der Waals surface area contributed by atoms with Crippen molar-refractivity contribution in [2.24, 2.45) is 23.2 Å². The topological polar surface area (TPSA) is 58.2 Å². The first-order chi connectivity index (χ1) is 12.4. The standard InChI is InChI=1S/C22H30N2O2/c1-14-3-4-15(2)19(5-14)24-21(26)13-23-20(25)12-22-9-16-6-17(10-22)8-18(7-16)11-22/h3-5,16-18H,6-13H2,1-2H3,(H,23,25)(H,24,26). The summed E-state index contributed by atoms with van der Waals surface area (Å²) in [4.78, 5) is 24.7. The molecule has 2 N–H and O–H groups in total. The summed E-state index contributed by atoms with van der Waals surface area (Å²) in [6.07, 6.45) is 8.44. The smallest absolute Gasteiger partial charge is 0.243 e. The second-order valence-corrected chi connectivity index (χ2v) is 9.24. The van der Waals surface area contributed by atoms with Crippen molar-refractivity contribution in [3.8, 4) is 0 Å². The van der Waals surface area contributed by atoms with Crippen molar-refractivity contribution in [1.82, 2.24) is 5.32 Å². The van der Waals surface area contributed by atoms with Crippen LogP contribution in [0.15, 0.2) is 18.2 Å². The van der Waals surface area contributed by atoms with Gasteiger partial charge in [-0.2, -0.15) is 0 Å². The molecular formula is C22H30N2O2. The Morgan fingerprint density at radius 1 is 1.00 bits per heavy atom. The van der Waals surface area contributed by atoms with Crippen molar-refractivity contribution in [2.75, 3.05) is 11.9 Å². The highest BCUT2D eigenvalue weighted by Crippen LogP contribution is 2.61. The minimum Gasteiger partial charge on any atom is -0.347 e. The molecule has 140 valence electrons. The van der Waals surface area contributed by atoms with Crippen LogP contribution in [0.5, 0.6) is 0 Å². The maximum Gasteiger partial charge on any atom is 0.243 e. The lowest BCUT2D eigenvalue weighted by Crippen LogP contribution is -2.48. The maximum atomic E-state index is 12.5. The quantitative estimate of drug-likeness (QED) is 0.841. The van der Waals surface area contributed by atoms with Gasteiger partial charge < -0.3 is 10.6 Å². The SMILES string of the molecule is Cc1ccc(C)c(NC(=O)CNC(=O)CC23CC4CC(CC(C4)C2)C3)c1. The fourth-order valence-electron chi connectivity index (χ4n) is 6.15. The average Bonchev–Trinajstić information content (AvgIpc) is 2.55. The van der Waals surface area contributed by atoms with Crippen LogP contribution < -0.4 is 10.6 Å². The number of nitrogens with one attached hydrogen (secondary N) is 2. The molecule has 4 bridgehead atoms. The van der Waals surface area contributed by atoms with E-state index in [0.29, 0.717) is 6.42 Å². The molecule has 4 heteroatoms. The largest absolute Gasteiger partial charge is 0.347 e. The third-order valence-electron chi connectivity index (χ3n) is 6.81. The Morgan fingerprint density at radius 3 is 2.23 bits per heavy atom. The summed E-state index contributed by atoms with van der Waals surface area (Å²) in [6, 6.07) is 5.99. The number of amides is 2. The minimum atomic E-state index is -0.155. The molecule has 0 unspecified atom stereocenters. The summed E-state index contributed by atoms with van der Waals surface area (Å²) < 4.78 is 0. The zero-order valence-corrected chi connectivity index (χ0v) is 15.9. The van der Waals surface area contributed by atoms with E-state index in [-0.39, 0.29) is 23.8 Å². The van der Waals surface area contributed by atoms with E-state index in [0.717, 1.165) is 34.6 Å². The fourth-order valence-corrected chi connectivity index (χ4v) is 6.15. The van der Waals surface area contributed by atoms with Gasteiger partial charge >= 0.3 is 0 Å². The monoisotopic (exact) mass is 354 g/mol. The van der Waals surface area contributed by atoms with E-state index >= 15 is 0 Å². The van der Waals surface area contributed by atoms with Gasteiger partial charge in [0.05, 0.1) is 6.54 Å². The molecule has 4 nitrogen and oxygen atoms in total. The second-order valence-electron chi connectivity index (χ2n) is 9.24. The Morgan fingerprint density at radius 2 is 1.62 bits per heavy atom. The third-order valence-corrected chi connectivity index (χ3v) is 6.81. The maximum absolute atomic E-state index is 12.5. The Bertz CT molecular complexity index is 690.